The van der Waals surface area contributed by atoms with Crippen LogP contribution < -0.4 is 10.1 Å². The first-order chi connectivity index (χ1) is 15.1. The van der Waals surface area contributed by atoms with Crippen molar-refractivity contribution in [1.82, 2.24) is 5.32 Å². The number of alkyl halides is 3. The third kappa shape index (κ3) is 9.82. The van der Waals surface area contributed by atoms with Crippen molar-refractivity contribution < 1.29 is 37.7 Å². The first-order valence-corrected chi connectivity index (χ1v) is 10.0. The number of ether oxygens (including phenoxy) is 1. The lowest BCUT2D eigenvalue weighted by Gasteiger charge is -2.15. The number of halogens is 3. The van der Waals surface area contributed by atoms with Crippen LogP contribution in [-0.4, -0.2) is 42.0 Å². The highest BCUT2D eigenvalue weighted by Crippen LogP contribution is 2.30. The molecule has 3 N–H and O–H groups in total. The van der Waals surface area contributed by atoms with Crippen molar-refractivity contribution in [2.75, 3.05) is 13.7 Å². The van der Waals surface area contributed by atoms with Crippen LogP contribution in [-0.2, 0) is 9.59 Å². The van der Waals surface area contributed by atoms with Gasteiger partial charge >= 0.3 is 18.1 Å². The number of carbonyl (C=O) groups is 2. The Morgan fingerprint density at radius 1 is 1.00 bits per heavy atom. The molecule has 2 aromatic rings. The molecule has 0 aromatic heterocycles. The molecule has 32 heavy (non-hydrogen) atoms. The van der Waals surface area contributed by atoms with E-state index in [9.17, 15) is 18.0 Å². The summed E-state index contributed by atoms with van der Waals surface area (Å²) in [5.41, 5.74) is 3.47. The van der Waals surface area contributed by atoms with Gasteiger partial charge in [-0.25, -0.2) is 4.79 Å². The molecule has 0 saturated carbocycles. The first-order valence-electron chi connectivity index (χ1n) is 10.0. The maximum absolute atomic E-state index is 10.6. The van der Waals surface area contributed by atoms with Crippen LogP contribution in [0, 0.1) is 0 Å². The fourth-order valence-corrected chi connectivity index (χ4v) is 2.85. The normalized spacial score (nSPS) is 11.8. The van der Waals surface area contributed by atoms with Crippen molar-refractivity contribution in [3.05, 3.63) is 54.1 Å². The van der Waals surface area contributed by atoms with Crippen LogP contribution >= 0.6 is 0 Å². The zero-order valence-electron chi connectivity index (χ0n) is 18.0. The molecule has 0 amide bonds. The second-order valence-corrected chi connectivity index (χ2v) is 7.01. The predicted octanol–water partition coefficient (Wildman–Crippen LogP) is 5.29. The molecular formula is C23H28F3NO5. The summed E-state index contributed by atoms with van der Waals surface area (Å²) in [5, 5.41) is 19.2. The highest BCUT2D eigenvalue weighted by molar-refractivity contribution is 5.73. The van der Waals surface area contributed by atoms with Crippen molar-refractivity contribution in [3.63, 3.8) is 0 Å². The van der Waals surface area contributed by atoms with Gasteiger partial charge in [-0.2, -0.15) is 13.2 Å². The number of rotatable bonds is 10. The Kier molecular flexibility index (Phi) is 11.3. The Bertz CT molecular complexity index is 853. The molecular weight excluding hydrogens is 427 g/mol. The third-order valence-corrected chi connectivity index (χ3v) is 4.59. The largest absolute Gasteiger partial charge is 0.496 e. The second-order valence-electron chi connectivity index (χ2n) is 7.01. The topological polar surface area (TPSA) is 95.9 Å². The van der Waals surface area contributed by atoms with Gasteiger partial charge < -0.3 is 20.3 Å². The molecule has 0 heterocycles. The minimum Gasteiger partial charge on any atom is -0.496 e. The van der Waals surface area contributed by atoms with Gasteiger partial charge in [0.1, 0.15) is 5.75 Å². The Hall–Kier alpha value is -3.07. The van der Waals surface area contributed by atoms with Gasteiger partial charge in [0, 0.05) is 18.0 Å². The zero-order chi connectivity index (χ0) is 24.1. The summed E-state index contributed by atoms with van der Waals surface area (Å²) in [6.45, 7) is 3.05. The molecule has 0 saturated heterocycles. The molecule has 0 aliphatic carbocycles. The first kappa shape index (κ1) is 27.0. The van der Waals surface area contributed by atoms with E-state index in [1.807, 2.05) is 18.2 Å². The molecule has 0 bridgehead atoms. The molecule has 0 spiro atoms. The average molecular weight is 455 g/mol. The molecule has 2 rings (SSSR count). The highest BCUT2D eigenvalue weighted by atomic mass is 19.4. The average Bonchev–Trinajstić information content (AvgIpc) is 2.75. The molecule has 1 unspecified atom stereocenters. The molecule has 6 nitrogen and oxygen atoms in total. The van der Waals surface area contributed by atoms with Crippen LogP contribution in [0.2, 0.25) is 0 Å². The Morgan fingerprint density at radius 2 is 1.59 bits per heavy atom. The molecule has 0 aliphatic rings. The molecule has 0 fully saturated rings. The van der Waals surface area contributed by atoms with Crippen LogP contribution in [0.5, 0.6) is 5.75 Å². The van der Waals surface area contributed by atoms with Crippen LogP contribution in [0.4, 0.5) is 13.2 Å². The van der Waals surface area contributed by atoms with Gasteiger partial charge in [0.15, 0.2) is 0 Å². The van der Waals surface area contributed by atoms with Crippen molar-refractivity contribution in [2.45, 2.75) is 44.8 Å². The number of benzene rings is 2. The van der Waals surface area contributed by atoms with E-state index in [4.69, 9.17) is 19.7 Å². The number of nitrogens with one attached hydrogen (secondary N) is 1. The van der Waals surface area contributed by atoms with Gasteiger partial charge in [-0.05, 0) is 43.5 Å². The number of aliphatic carboxylic acids is 2. The van der Waals surface area contributed by atoms with Crippen LogP contribution in [0.15, 0.2) is 48.5 Å². The number of carboxylic acids is 2. The van der Waals surface area contributed by atoms with E-state index in [2.05, 4.69) is 42.6 Å². The number of methoxy groups -OCH3 is 1. The highest BCUT2D eigenvalue weighted by Gasteiger charge is 2.38. The van der Waals surface area contributed by atoms with Gasteiger partial charge in [0.05, 0.1) is 7.11 Å². The van der Waals surface area contributed by atoms with Gasteiger partial charge in [0.25, 0.3) is 0 Å². The Labute approximate surface area is 185 Å². The summed E-state index contributed by atoms with van der Waals surface area (Å²) in [6.07, 6.45) is -2.13. The zero-order valence-corrected chi connectivity index (χ0v) is 18.0. The van der Waals surface area contributed by atoms with E-state index >= 15 is 0 Å². The minimum atomic E-state index is -5.08. The number of carboxylic acid groups (broad SMARTS) is 2. The molecule has 9 heteroatoms. The Morgan fingerprint density at radius 3 is 2.12 bits per heavy atom. The van der Waals surface area contributed by atoms with E-state index in [1.54, 1.807) is 7.11 Å². The Balaban J connectivity index is 0.000000633. The lowest BCUT2D eigenvalue weighted by molar-refractivity contribution is -0.192. The quantitative estimate of drug-likeness (QED) is 0.421. The van der Waals surface area contributed by atoms with Crippen molar-refractivity contribution in [3.8, 4) is 16.9 Å². The SMILES string of the molecule is COc1ccccc1-c1ccc(C(C)NCCCCCC(=O)O)cc1.O=C(O)C(F)(F)F. The monoisotopic (exact) mass is 455 g/mol. The van der Waals surface area contributed by atoms with Gasteiger partial charge in [-0.1, -0.05) is 48.9 Å². The standard InChI is InChI=1S/C21H27NO3.C2HF3O2/c1-16(22-15-7-3-4-10-21(23)24)17-11-13-18(14-12-17)19-8-5-6-9-20(19)25-2;3-2(4,5)1(6)7/h5-6,8-9,11-14,16,22H,3-4,7,10,15H2,1-2H3,(H,23,24);(H,6,7). The number of hydrogen-bond donors (Lipinski definition) is 3. The number of hydrogen-bond acceptors (Lipinski definition) is 4. The molecule has 0 aliphatic heterocycles. The van der Waals surface area contributed by atoms with Crippen LogP contribution in [0.25, 0.3) is 11.1 Å². The predicted molar refractivity (Wildman–Crippen MR) is 115 cm³/mol. The van der Waals surface area contributed by atoms with Gasteiger partial charge in [-0.3, -0.25) is 4.79 Å². The summed E-state index contributed by atoms with van der Waals surface area (Å²) < 4.78 is 37.2. The van der Waals surface area contributed by atoms with E-state index < -0.39 is 18.1 Å². The van der Waals surface area contributed by atoms with Crippen LogP contribution in [0.1, 0.15) is 44.2 Å². The van der Waals surface area contributed by atoms with E-state index in [0.717, 1.165) is 42.7 Å². The van der Waals surface area contributed by atoms with Crippen LogP contribution in [0.3, 0.4) is 0 Å². The number of unbranched alkanes of at least 4 members (excludes halogenated alkanes) is 2. The lowest BCUT2D eigenvalue weighted by atomic mass is 10.0. The summed E-state index contributed by atoms with van der Waals surface area (Å²) in [4.78, 5) is 19.4. The summed E-state index contributed by atoms with van der Waals surface area (Å²) in [6, 6.07) is 16.8. The summed E-state index contributed by atoms with van der Waals surface area (Å²) in [7, 11) is 1.69. The summed E-state index contributed by atoms with van der Waals surface area (Å²) in [5.74, 6) is -2.59. The maximum atomic E-state index is 10.6. The van der Waals surface area contributed by atoms with E-state index in [1.165, 1.54) is 5.56 Å². The van der Waals surface area contributed by atoms with E-state index in [0.29, 0.717) is 0 Å². The molecule has 0 radical (unpaired) electrons. The van der Waals surface area contributed by atoms with Gasteiger partial charge in [-0.15, -0.1) is 0 Å². The smallest absolute Gasteiger partial charge is 0.490 e. The second kappa shape index (κ2) is 13.4. The van der Waals surface area contributed by atoms with Gasteiger partial charge in [0.2, 0.25) is 0 Å². The molecule has 2 aromatic carbocycles. The molecule has 1 atom stereocenters. The fourth-order valence-electron chi connectivity index (χ4n) is 2.85. The van der Waals surface area contributed by atoms with Crippen molar-refractivity contribution in [2.24, 2.45) is 0 Å². The van der Waals surface area contributed by atoms with Crippen molar-refractivity contribution >= 4 is 11.9 Å². The lowest BCUT2D eigenvalue weighted by Crippen LogP contribution is -2.21. The van der Waals surface area contributed by atoms with E-state index in [-0.39, 0.29) is 12.5 Å². The fraction of sp³-hybridized carbons (Fsp3) is 0.391. The summed E-state index contributed by atoms with van der Waals surface area (Å²) >= 11 is 0. The maximum Gasteiger partial charge on any atom is 0.490 e. The minimum absolute atomic E-state index is 0.264. The third-order valence-electron chi connectivity index (χ3n) is 4.59. The molecule has 176 valence electrons. The van der Waals surface area contributed by atoms with Crippen molar-refractivity contribution in [1.29, 1.82) is 0 Å². The number of para-hydroxylation sites is 1.